The summed E-state index contributed by atoms with van der Waals surface area (Å²) in [6.45, 7) is 0. The molecule has 0 aromatic heterocycles. The van der Waals surface area contributed by atoms with Gasteiger partial charge >= 0.3 is 5.92 Å². The summed E-state index contributed by atoms with van der Waals surface area (Å²) in [5.74, 6) is -6.02. The van der Waals surface area contributed by atoms with Crippen LogP contribution in [0.3, 0.4) is 0 Å². The number of rotatable bonds is 0. The molecule has 0 radical (unpaired) electrons. The Morgan fingerprint density at radius 1 is 1.36 bits per heavy atom. The molecule has 1 aromatic carbocycles. The van der Waals surface area contributed by atoms with Crippen molar-refractivity contribution in [3.63, 3.8) is 0 Å². The second kappa shape index (κ2) is 2.73. The molecule has 14 heavy (non-hydrogen) atoms. The van der Waals surface area contributed by atoms with Gasteiger partial charge in [0.15, 0.2) is 0 Å². The van der Waals surface area contributed by atoms with Gasteiger partial charge in [-0.3, -0.25) is 4.79 Å². The molecule has 0 spiro atoms. The summed E-state index contributed by atoms with van der Waals surface area (Å²) in [6.07, 6.45) is 0. The first-order chi connectivity index (χ1) is 6.43. The van der Waals surface area contributed by atoms with Crippen LogP contribution in [0, 0.1) is 5.82 Å². The third kappa shape index (κ3) is 1.13. The van der Waals surface area contributed by atoms with Crippen LogP contribution in [-0.2, 0) is 10.7 Å². The van der Waals surface area contributed by atoms with Crippen molar-refractivity contribution < 1.29 is 18.0 Å². The lowest BCUT2D eigenvalue weighted by atomic mass is 10.1. The molecule has 0 saturated heterocycles. The minimum atomic E-state index is -3.65. The Kier molecular flexibility index (Phi) is 1.85. The lowest BCUT2D eigenvalue weighted by molar-refractivity contribution is -0.139. The molecule has 0 atom stereocenters. The Morgan fingerprint density at radius 2 is 2.00 bits per heavy atom. The summed E-state index contributed by atoms with van der Waals surface area (Å²) >= 11 is 2.87. The second-order valence-electron chi connectivity index (χ2n) is 2.84. The largest absolute Gasteiger partial charge is 0.352 e. The van der Waals surface area contributed by atoms with Crippen molar-refractivity contribution >= 4 is 27.5 Å². The van der Waals surface area contributed by atoms with E-state index in [0.29, 0.717) is 0 Å². The van der Waals surface area contributed by atoms with Crippen molar-refractivity contribution in [2.45, 2.75) is 5.92 Å². The van der Waals surface area contributed by atoms with Crippen LogP contribution in [0.2, 0.25) is 0 Å². The van der Waals surface area contributed by atoms with Gasteiger partial charge in [0.2, 0.25) is 0 Å². The molecule has 2 rings (SSSR count). The summed E-state index contributed by atoms with van der Waals surface area (Å²) in [5, 5.41) is 1.80. The average molecular weight is 266 g/mol. The number of hydrogen-bond donors (Lipinski definition) is 1. The number of hydrogen-bond acceptors (Lipinski definition) is 1. The van der Waals surface area contributed by atoms with E-state index in [4.69, 9.17) is 0 Å². The van der Waals surface area contributed by atoms with E-state index in [1.807, 2.05) is 0 Å². The van der Waals surface area contributed by atoms with Crippen LogP contribution < -0.4 is 5.32 Å². The van der Waals surface area contributed by atoms with Gasteiger partial charge in [-0.15, -0.1) is 0 Å². The number of fused-ring (bicyclic) bond motifs is 1. The molecule has 1 aromatic rings. The molecule has 1 aliphatic rings. The minimum Gasteiger partial charge on any atom is -0.318 e. The minimum absolute atomic E-state index is 0.171. The van der Waals surface area contributed by atoms with E-state index in [2.05, 4.69) is 15.9 Å². The molecule has 1 heterocycles. The molecule has 0 saturated carbocycles. The summed E-state index contributed by atoms with van der Waals surface area (Å²) in [6, 6.07) is 2.04. The molecular formula is C8H3BrF3NO. The maximum Gasteiger partial charge on any atom is 0.352 e. The van der Waals surface area contributed by atoms with Crippen LogP contribution >= 0.6 is 15.9 Å². The summed E-state index contributed by atoms with van der Waals surface area (Å²) in [5.41, 5.74) is -1.07. The summed E-state index contributed by atoms with van der Waals surface area (Å²) in [4.78, 5) is 10.8. The molecule has 74 valence electrons. The number of amides is 1. The van der Waals surface area contributed by atoms with E-state index in [0.717, 1.165) is 12.1 Å². The van der Waals surface area contributed by atoms with E-state index in [-0.39, 0.29) is 4.47 Å². The van der Waals surface area contributed by atoms with Gasteiger partial charge < -0.3 is 5.32 Å². The lowest BCUT2D eigenvalue weighted by Gasteiger charge is -2.06. The fourth-order valence-electron chi connectivity index (χ4n) is 1.26. The highest BCUT2D eigenvalue weighted by Gasteiger charge is 2.49. The normalized spacial score (nSPS) is 17.9. The van der Waals surface area contributed by atoms with Crippen LogP contribution in [0.15, 0.2) is 16.6 Å². The highest BCUT2D eigenvalue weighted by atomic mass is 79.9. The van der Waals surface area contributed by atoms with E-state index in [1.54, 1.807) is 5.32 Å². The van der Waals surface area contributed by atoms with Crippen molar-refractivity contribution in [2.75, 3.05) is 5.32 Å². The van der Waals surface area contributed by atoms with Crippen molar-refractivity contribution in [1.29, 1.82) is 0 Å². The molecule has 1 amide bonds. The van der Waals surface area contributed by atoms with Gasteiger partial charge in [0, 0.05) is 4.47 Å². The molecule has 2 nitrogen and oxygen atoms in total. The van der Waals surface area contributed by atoms with Gasteiger partial charge in [0.25, 0.3) is 5.91 Å². The number of halogens is 4. The SMILES string of the molecule is O=C1Nc2c(F)cc(Br)cc2C1(F)F. The fraction of sp³-hybridized carbons (Fsp3) is 0.125. The topological polar surface area (TPSA) is 29.1 Å². The maximum atomic E-state index is 13.1. The van der Waals surface area contributed by atoms with Gasteiger partial charge in [-0.1, -0.05) is 15.9 Å². The number of nitrogens with one attached hydrogen (secondary N) is 1. The predicted octanol–water partition coefficient (Wildman–Crippen LogP) is 2.63. The number of benzene rings is 1. The van der Waals surface area contributed by atoms with Crippen LogP contribution in [0.25, 0.3) is 0 Å². The molecule has 0 aliphatic carbocycles. The third-order valence-corrected chi connectivity index (χ3v) is 2.37. The van der Waals surface area contributed by atoms with E-state index in [9.17, 15) is 18.0 Å². The lowest BCUT2D eigenvalue weighted by Crippen LogP contribution is -2.23. The fourth-order valence-corrected chi connectivity index (χ4v) is 1.69. The monoisotopic (exact) mass is 265 g/mol. The van der Waals surface area contributed by atoms with Gasteiger partial charge in [-0.05, 0) is 12.1 Å². The highest BCUT2D eigenvalue weighted by molar-refractivity contribution is 9.10. The molecule has 1 N–H and O–H groups in total. The Bertz CT molecular complexity index is 433. The number of alkyl halides is 2. The molecule has 0 unspecified atom stereocenters. The zero-order chi connectivity index (χ0) is 10.5. The average Bonchev–Trinajstić information content (AvgIpc) is 2.28. The number of carbonyl (C=O) groups excluding carboxylic acids is 1. The third-order valence-electron chi connectivity index (χ3n) is 1.92. The molecule has 0 fully saturated rings. The van der Waals surface area contributed by atoms with Crippen LogP contribution in [-0.4, -0.2) is 5.91 Å². The van der Waals surface area contributed by atoms with Gasteiger partial charge in [-0.2, -0.15) is 8.78 Å². The first-order valence-corrected chi connectivity index (χ1v) is 4.41. The first kappa shape index (κ1) is 9.51. The number of carbonyl (C=O) groups is 1. The molecule has 0 bridgehead atoms. The van der Waals surface area contributed by atoms with E-state index < -0.39 is 28.9 Å². The standard InChI is InChI=1S/C8H3BrF3NO/c9-3-1-4-6(5(10)2-3)13-7(14)8(4,11)12/h1-2H,(H,13,14). The summed E-state index contributed by atoms with van der Waals surface area (Å²) in [7, 11) is 0. The summed E-state index contributed by atoms with van der Waals surface area (Å²) < 4.78 is 39.4. The molecule has 1 aliphatic heterocycles. The van der Waals surface area contributed by atoms with Crippen molar-refractivity contribution in [3.8, 4) is 0 Å². The molecule has 6 heteroatoms. The van der Waals surface area contributed by atoms with Crippen molar-refractivity contribution in [3.05, 3.63) is 28.0 Å². The predicted molar refractivity (Wildman–Crippen MR) is 46.6 cm³/mol. The maximum absolute atomic E-state index is 13.1. The van der Waals surface area contributed by atoms with E-state index >= 15 is 0 Å². The zero-order valence-corrected chi connectivity index (χ0v) is 8.16. The number of anilines is 1. The molecular weight excluding hydrogens is 263 g/mol. The van der Waals surface area contributed by atoms with Crippen molar-refractivity contribution in [1.82, 2.24) is 0 Å². The van der Waals surface area contributed by atoms with Crippen molar-refractivity contribution in [2.24, 2.45) is 0 Å². The van der Waals surface area contributed by atoms with Crippen LogP contribution in [0.1, 0.15) is 5.56 Å². The van der Waals surface area contributed by atoms with E-state index in [1.165, 1.54) is 0 Å². The first-order valence-electron chi connectivity index (χ1n) is 3.61. The quantitative estimate of drug-likeness (QED) is 0.768. The smallest absolute Gasteiger partial charge is 0.318 e. The zero-order valence-electron chi connectivity index (χ0n) is 6.57. The second-order valence-corrected chi connectivity index (χ2v) is 3.75. The van der Waals surface area contributed by atoms with Gasteiger partial charge in [0.05, 0.1) is 11.3 Å². The van der Waals surface area contributed by atoms with Crippen LogP contribution in [0.4, 0.5) is 18.9 Å². The Balaban J connectivity index is 2.71. The Hall–Kier alpha value is -1.04. The van der Waals surface area contributed by atoms with Crippen LogP contribution in [0.5, 0.6) is 0 Å². The highest BCUT2D eigenvalue weighted by Crippen LogP contribution is 2.42. The van der Waals surface area contributed by atoms with Gasteiger partial charge in [-0.25, -0.2) is 4.39 Å². The Labute approximate surface area is 85.2 Å². The van der Waals surface area contributed by atoms with Gasteiger partial charge in [0.1, 0.15) is 5.82 Å². The Morgan fingerprint density at radius 3 is 2.64 bits per heavy atom.